The zero-order valence-corrected chi connectivity index (χ0v) is 12.6. The minimum absolute atomic E-state index is 0.0328. The molecule has 21 heavy (non-hydrogen) atoms. The first kappa shape index (κ1) is 14.4. The Hall–Kier alpha value is -1.55. The van der Waals surface area contributed by atoms with Gasteiger partial charge in [-0.2, -0.15) is 0 Å². The molecular formula is C16H19ClN2O2. The van der Waals surface area contributed by atoms with E-state index in [-0.39, 0.29) is 24.3 Å². The maximum atomic E-state index is 12.8. The summed E-state index contributed by atoms with van der Waals surface area (Å²) in [6, 6.07) is 6.78. The summed E-state index contributed by atoms with van der Waals surface area (Å²) in [7, 11) is 0. The maximum Gasteiger partial charge on any atom is 0.250 e. The predicted octanol–water partition coefficient (Wildman–Crippen LogP) is 2.75. The fourth-order valence-corrected chi connectivity index (χ4v) is 3.57. The molecule has 0 radical (unpaired) electrons. The zero-order valence-electron chi connectivity index (χ0n) is 11.8. The summed E-state index contributed by atoms with van der Waals surface area (Å²) in [5.41, 5.74) is 0.625. The van der Waals surface area contributed by atoms with Crippen LogP contribution in [0.2, 0.25) is 5.02 Å². The number of piperazine rings is 1. The highest BCUT2D eigenvalue weighted by molar-refractivity contribution is 6.34. The second-order valence-electron chi connectivity index (χ2n) is 5.82. The lowest BCUT2D eigenvalue weighted by Crippen LogP contribution is -2.61. The van der Waals surface area contributed by atoms with Crippen LogP contribution in [-0.2, 0) is 9.59 Å². The molecule has 1 saturated carbocycles. The number of carbonyl (C=O) groups is 2. The van der Waals surface area contributed by atoms with Crippen LogP contribution in [0, 0.1) is 5.92 Å². The van der Waals surface area contributed by atoms with Crippen molar-refractivity contribution >= 4 is 29.1 Å². The largest absolute Gasteiger partial charge is 0.342 e. The molecule has 1 aromatic carbocycles. The number of nitrogens with one attached hydrogen (secondary N) is 1. The molecule has 0 bridgehead atoms. The maximum absolute atomic E-state index is 12.8. The first-order valence-electron chi connectivity index (χ1n) is 7.52. The van der Waals surface area contributed by atoms with Crippen LogP contribution >= 0.6 is 11.6 Å². The summed E-state index contributed by atoms with van der Waals surface area (Å²) in [6.45, 7) is 0.0474. The summed E-state index contributed by atoms with van der Waals surface area (Å²) in [6.07, 6.45) is 5.51. The van der Waals surface area contributed by atoms with E-state index in [1.54, 1.807) is 12.1 Å². The van der Waals surface area contributed by atoms with Gasteiger partial charge in [-0.05, 0) is 30.9 Å². The summed E-state index contributed by atoms with van der Waals surface area (Å²) in [4.78, 5) is 26.3. The van der Waals surface area contributed by atoms with Gasteiger partial charge in [0.1, 0.15) is 12.6 Å². The topological polar surface area (TPSA) is 49.4 Å². The van der Waals surface area contributed by atoms with Crippen molar-refractivity contribution in [2.24, 2.45) is 5.92 Å². The van der Waals surface area contributed by atoms with Gasteiger partial charge in [-0.3, -0.25) is 14.5 Å². The van der Waals surface area contributed by atoms with Crippen LogP contribution in [0.15, 0.2) is 24.3 Å². The van der Waals surface area contributed by atoms with Crippen LogP contribution in [0.25, 0.3) is 0 Å². The average molecular weight is 307 g/mol. The number of rotatable bonds is 2. The number of hydrogen-bond donors (Lipinski definition) is 1. The number of hydrogen-bond acceptors (Lipinski definition) is 2. The molecule has 2 fully saturated rings. The zero-order chi connectivity index (χ0) is 14.8. The van der Waals surface area contributed by atoms with Gasteiger partial charge in [-0.1, -0.05) is 43.0 Å². The van der Waals surface area contributed by atoms with Crippen molar-refractivity contribution in [3.8, 4) is 0 Å². The normalized spacial score (nSPS) is 24.0. The molecule has 2 amide bonds. The van der Waals surface area contributed by atoms with Gasteiger partial charge in [0, 0.05) is 0 Å². The van der Waals surface area contributed by atoms with E-state index in [2.05, 4.69) is 5.32 Å². The van der Waals surface area contributed by atoms with Crippen molar-refractivity contribution in [3.63, 3.8) is 0 Å². The third-order valence-electron chi connectivity index (χ3n) is 4.41. The molecule has 112 valence electrons. The number of anilines is 1. The molecule has 0 spiro atoms. The Morgan fingerprint density at radius 3 is 2.52 bits per heavy atom. The Bertz CT molecular complexity index is 555. The fraction of sp³-hybridized carbons (Fsp3) is 0.500. The standard InChI is InChI=1S/C16H19ClN2O2/c17-12-8-4-5-9-13(12)19-10-14(20)18-15(16(19)21)11-6-2-1-3-7-11/h4-5,8-9,11,15H,1-3,6-7,10H2,(H,18,20). The van der Waals surface area contributed by atoms with Crippen molar-refractivity contribution in [2.75, 3.05) is 11.4 Å². The Morgan fingerprint density at radius 1 is 1.10 bits per heavy atom. The minimum atomic E-state index is -0.400. The monoisotopic (exact) mass is 306 g/mol. The molecule has 0 aromatic heterocycles. The number of para-hydroxylation sites is 1. The van der Waals surface area contributed by atoms with Crippen molar-refractivity contribution < 1.29 is 9.59 Å². The molecule has 3 rings (SSSR count). The number of amides is 2. The van der Waals surface area contributed by atoms with Crippen LogP contribution in [-0.4, -0.2) is 24.4 Å². The van der Waals surface area contributed by atoms with Crippen molar-refractivity contribution in [1.82, 2.24) is 5.32 Å². The molecule has 1 atom stereocenters. The number of carbonyl (C=O) groups excluding carboxylic acids is 2. The predicted molar refractivity (Wildman–Crippen MR) is 82.3 cm³/mol. The highest BCUT2D eigenvalue weighted by Crippen LogP contribution is 2.31. The van der Waals surface area contributed by atoms with Crippen molar-refractivity contribution in [3.05, 3.63) is 29.3 Å². The first-order valence-corrected chi connectivity index (χ1v) is 7.90. The third-order valence-corrected chi connectivity index (χ3v) is 4.73. The van der Waals surface area contributed by atoms with E-state index in [1.807, 2.05) is 12.1 Å². The van der Waals surface area contributed by atoms with Gasteiger partial charge in [0.2, 0.25) is 11.8 Å². The number of nitrogens with zero attached hydrogens (tertiary/aromatic N) is 1. The van der Waals surface area contributed by atoms with Crippen LogP contribution in [0.3, 0.4) is 0 Å². The van der Waals surface area contributed by atoms with E-state index in [1.165, 1.54) is 11.3 Å². The van der Waals surface area contributed by atoms with Gasteiger partial charge in [0.05, 0.1) is 10.7 Å². The van der Waals surface area contributed by atoms with Crippen molar-refractivity contribution in [1.29, 1.82) is 0 Å². The van der Waals surface area contributed by atoms with E-state index in [9.17, 15) is 9.59 Å². The van der Waals surface area contributed by atoms with Gasteiger partial charge in [-0.15, -0.1) is 0 Å². The second-order valence-corrected chi connectivity index (χ2v) is 6.23. The minimum Gasteiger partial charge on any atom is -0.342 e. The van der Waals surface area contributed by atoms with E-state index >= 15 is 0 Å². The van der Waals surface area contributed by atoms with E-state index in [0.717, 1.165) is 25.7 Å². The number of halogens is 1. The van der Waals surface area contributed by atoms with Crippen LogP contribution < -0.4 is 10.2 Å². The Kier molecular flexibility index (Phi) is 4.15. The van der Waals surface area contributed by atoms with Crippen LogP contribution in [0.5, 0.6) is 0 Å². The average Bonchev–Trinajstić information content (AvgIpc) is 2.51. The highest BCUT2D eigenvalue weighted by Gasteiger charge is 2.39. The van der Waals surface area contributed by atoms with E-state index in [0.29, 0.717) is 10.7 Å². The SMILES string of the molecule is O=C1CN(c2ccccc2Cl)C(=O)C(C2CCCCC2)N1. The van der Waals surface area contributed by atoms with Gasteiger partial charge in [-0.25, -0.2) is 0 Å². The van der Waals surface area contributed by atoms with Crippen molar-refractivity contribution in [2.45, 2.75) is 38.1 Å². The van der Waals surface area contributed by atoms with Gasteiger partial charge >= 0.3 is 0 Å². The molecule has 4 nitrogen and oxygen atoms in total. The Morgan fingerprint density at radius 2 is 1.81 bits per heavy atom. The van der Waals surface area contributed by atoms with Gasteiger partial charge < -0.3 is 5.32 Å². The van der Waals surface area contributed by atoms with E-state index in [4.69, 9.17) is 11.6 Å². The third kappa shape index (κ3) is 2.91. The van der Waals surface area contributed by atoms with Crippen LogP contribution in [0.1, 0.15) is 32.1 Å². The lowest BCUT2D eigenvalue weighted by molar-refractivity contribution is -0.132. The highest BCUT2D eigenvalue weighted by atomic mass is 35.5. The first-order chi connectivity index (χ1) is 10.2. The quantitative estimate of drug-likeness (QED) is 0.913. The molecule has 1 unspecified atom stereocenters. The fourth-order valence-electron chi connectivity index (χ4n) is 3.33. The molecular weight excluding hydrogens is 288 g/mol. The number of benzene rings is 1. The molecule has 1 saturated heterocycles. The Labute approximate surface area is 129 Å². The molecule has 1 heterocycles. The summed E-state index contributed by atoms with van der Waals surface area (Å²) >= 11 is 6.18. The second kappa shape index (κ2) is 6.06. The van der Waals surface area contributed by atoms with Crippen LogP contribution in [0.4, 0.5) is 5.69 Å². The lowest BCUT2D eigenvalue weighted by atomic mass is 9.82. The summed E-state index contributed by atoms with van der Waals surface area (Å²) in [5, 5.41) is 3.38. The van der Waals surface area contributed by atoms with E-state index < -0.39 is 6.04 Å². The molecule has 2 aliphatic rings. The molecule has 1 aliphatic carbocycles. The van der Waals surface area contributed by atoms with Gasteiger partial charge in [0.15, 0.2) is 0 Å². The van der Waals surface area contributed by atoms with Gasteiger partial charge in [0.25, 0.3) is 0 Å². The molecule has 5 heteroatoms. The lowest BCUT2D eigenvalue weighted by Gasteiger charge is -2.38. The molecule has 1 aromatic rings. The smallest absolute Gasteiger partial charge is 0.250 e. The Balaban J connectivity index is 1.86. The summed E-state index contributed by atoms with van der Waals surface area (Å²) in [5.74, 6) is 0.111. The summed E-state index contributed by atoms with van der Waals surface area (Å²) < 4.78 is 0. The molecule has 1 N–H and O–H groups in total. The molecule has 1 aliphatic heterocycles.